The van der Waals surface area contributed by atoms with Crippen LogP contribution in [0.5, 0.6) is 0 Å². The molecule has 61 heavy (non-hydrogen) atoms. The number of rotatable bonds is 35. The highest BCUT2D eigenvalue weighted by Gasteiger charge is 2.51. The quantitative estimate of drug-likeness (QED) is 0.0116. The zero-order valence-corrected chi connectivity index (χ0v) is 37.6. The fourth-order valence-corrected chi connectivity index (χ4v) is 7.16. The largest absolute Gasteiger partial charge is 0.472 e. The summed E-state index contributed by atoms with van der Waals surface area (Å²) in [6.45, 7) is 3.07. The molecule has 8 atom stereocenters. The van der Waals surface area contributed by atoms with Crippen molar-refractivity contribution in [1.29, 1.82) is 0 Å². The van der Waals surface area contributed by atoms with Crippen LogP contribution in [0.2, 0.25) is 0 Å². The molecule has 6 unspecified atom stereocenters. The minimum Gasteiger partial charge on any atom is -0.462 e. The minimum absolute atomic E-state index is 0.0602. The number of hydrogen-bond donors (Lipinski definition) is 6. The fraction of sp³-hybridized carbons (Fsp3) is 0.660. The molecule has 14 heteroatoms. The van der Waals surface area contributed by atoms with Gasteiger partial charge in [0.1, 0.15) is 43.2 Å². The maximum Gasteiger partial charge on any atom is 0.472 e. The van der Waals surface area contributed by atoms with Gasteiger partial charge in [-0.3, -0.25) is 18.6 Å². The number of phosphoric ester groups is 1. The van der Waals surface area contributed by atoms with Crippen LogP contribution in [-0.2, 0) is 32.7 Å². The molecule has 0 aliphatic heterocycles. The molecule has 0 amide bonds. The summed E-state index contributed by atoms with van der Waals surface area (Å²) in [5, 5.41) is 50.1. The van der Waals surface area contributed by atoms with E-state index in [1.54, 1.807) is 0 Å². The van der Waals surface area contributed by atoms with Gasteiger partial charge in [-0.25, -0.2) is 4.57 Å². The van der Waals surface area contributed by atoms with Gasteiger partial charge < -0.3 is 39.9 Å². The molecule has 1 fully saturated rings. The van der Waals surface area contributed by atoms with Gasteiger partial charge in [0.25, 0.3) is 0 Å². The molecular formula is C47H77O13P. The van der Waals surface area contributed by atoms with E-state index < -0.39 is 75.7 Å². The topological polar surface area (TPSA) is 210 Å². The summed E-state index contributed by atoms with van der Waals surface area (Å²) < 4.78 is 33.5. The second-order valence-electron chi connectivity index (χ2n) is 15.3. The van der Waals surface area contributed by atoms with E-state index in [1.165, 1.54) is 19.3 Å². The van der Waals surface area contributed by atoms with E-state index in [0.29, 0.717) is 12.8 Å². The zero-order valence-electron chi connectivity index (χ0n) is 36.7. The summed E-state index contributed by atoms with van der Waals surface area (Å²) in [5.41, 5.74) is 0. The molecule has 0 bridgehead atoms. The minimum atomic E-state index is -5.13. The summed E-state index contributed by atoms with van der Waals surface area (Å²) in [7, 11) is -5.13. The SMILES string of the molecule is CC/C=C/C=C/C=C/C=C/CCCCCCCC(=O)O[C@@H](COC(=O)CCCCCC/C=C/C/C=C/C/C=C/CCCCC)COP(=O)(O)OC1C(O)C(O)C(O)[C@H](O)C1O. The molecule has 1 saturated carbocycles. The zero-order chi connectivity index (χ0) is 45.0. The first kappa shape index (κ1) is 56.0. The molecule has 0 radical (unpaired) electrons. The Labute approximate surface area is 365 Å². The van der Waals surface area contributed by atoms with Crippen LogP contribution in [-0.4, -0.2) is 98.3 Å². The van der Waals surface area contributed by atoms with Gasteiger partial charge in [0.2, 0.25) is 0 Å². The molecule has 1 rings (SSSR count). The van der Waals surface area contributed by atoms with E-state index in [-0.39, 0.29) is 12.8 Å². The lowest BCUT2D eigenvalue weighted by molar-refractivity contribution is -0.220. The number of hydrogen-bond acceptors (Lipinski definition) is 12. The number of aliphatic hydroxyl groups is 5. The number of carbonyl (C=O) groups is 2. The number of esters is 2. The Morgan fingerprint density at radius 1 is 0.541 bits per heavy atom. The van der Waals surface area contributed by atoms with E-state index in [1.807, 2.05) is 36.5 Å². The van der Waals surface area contributed by atoms with Crippen molar-refractivity contribution in [2.24, 2.45) is 0 Å². The molecule has 13 nitrogen and oxygen atoms in total. The standard InChI is InChI=1S/C47H77O13P/c1-3-5-7-9-11-13-15-17-19-20-22-23-25-27-29-31-33-35-40(48)57-37-39(38-58-61(55,56)60-47-45(53)43(51)42(50)44(52)46(47)54)59-41(49)36-34-32-30-28-26-24-21-18-16-14-12-10-8-6-4-2/h6,8,10-14,16-19,21-23,39,42-47,50-54H,3-5,7,9,15,20,24-38H2,1-2H3,(H,55,56)/b8-6+,12-10+,13-11+,16-14+,19-17+,21-18+,23-22+/t39-,42?,43-,44?,45?,46?,47?/m0/s1. The molecule has 0 saturated heterocycles. The Bertz CT molecular complexity index is 1390. The van der Waals surface area contributed by atoms with E-state index in [0.717, 1.165) is 83.5 Å². The van der Waals surface area contributed by atoms with E-state index in [4.69, 9.17) is 18.5 Å². The monoisotopic (exact) mass is 881 g/mol. The lowest BCUT2D eigenvalue weighted by Crippen LogP contribution is -2.64. The summed E-state index contributed by atoms with van der Waals surface area (Å²) in [6, 6.07) is 0. The predicted molar refractivity (Wildman–Crippen MR) is 239 cm³/mol. The van der Waals surface area contributed by atoms with Gasteiger partial charge in [-0.2, -0.15) is 0 Å². The Kier molecular flexibility index (Phi) is 33.5. The maximum absolute atomic E-state index is 12.8. The molecule has 6 N–H and O–H groups in total. The van der Waals surface area contributed by atoms with Gasteiger partial charge in [0.05, 0.1) is 6.61 Å². The first-order chi connectivity index (χ1) is 29.4. The second-order valence-corrected chi connectivity index (χ2v) is 16.7. The first-order valence-electron chi connectivity index (χ1n) is 22.4. The number of ether oxygens (including phenoxy) is 2. The maximum atomic E-state index is 12.8. The van der Waals surface area contributed by atoms with Gasteiger partial charge in [0, 0.05) is 12.8 Å². The summed E-state index contributed by atoms with van der Waals surface area (Å²) in [6.07, 6.45) is 33.5. The Hall–Kier alpha value is -2.97. The molecule has 1 aliphatic carbocycles. The highest BCUT2D eigenvalue weighted by molar-refractivity contribution is 7.47. The Balaban J connectivity index is 2.52. The number of aliphatic hydroxyl groups excluding tert-OH is 5. The van der Waals surface area contributed by atoms with Gasteiger partial charge in [-0.1, -0.05) is 144 Å². The van der Waals surface area contributed by atoms with Crippen LogP contribution in [0.25, 0.3) is 0 Å². The third kappa shape index (κ3) is 29.1. The highest BCUT2D eigenvalue weighted by atomic mass is 31.2. The van der Waals surface area contributed by atoms with Crippen molar-refractivity contribution < 1.29 is 63.1 Å². The Morgan fingerprint density at radius 3 is 1.57 bits per heavy atom. The smallest absolute Gasteiger partial charge is 0.462 e. The fourth-order valence-electron chi connectivity index (χ4n) is 6.18. The molecule has 0 spiro atoms. The van der Waals surface area contributed by atoms with Crippen molar-refractivity contribution in [3.05, 3.63) is 85.1 Å². The number of allylic oxidation sites excluding steroid dienone is 14. The van der Waals surface area contributed by atoms with Crippen molar-refractivity contribution in [2.75, 3.05) is 13.2 Å². The Morgan fingerprint density at radius 2 is 1.00 bits per heavy atom. The van der Waals surface area contributed by atoms with Crippen molar-refractivity contribution in [2.45, 2.75) is 185 Å². The van der Waals surface area contributed by atoms with Crippen molar-refractivity contribution >= 4 is 19.8 Å². The summed E-state index contributed by atoms with van der Waals surface area (Å²) in [4.78, 5) is 35.7. The molecule has 0 aromatic heterocycles. The van der Waals surface area contributed by atoms with Crippen LogP contribution in [0.4, 0.5) is 0 Å². The van der Waals surface area contributed by atoms with Gasteiger partial charge in [-0.05, 0) is 70.6 Å². The van der Waals surface area contributed by atoms with Crippen LogP contribution in [0.3, 0.4) is 0 Å². The number of carbonyl (C=O) groups excluding carboxylic acids is 2. The molecule has 0 aromatic carbocycles. The average Bonchev–Trinajstić information content (AvgIpc) is 3.24. The van der Waals surface area contributed by atoms with Crippen LogP contribution in [0.1, 0.15) is 142 Å². The lowest BCUT2D eigenvalue weighted by atomic mass is 9.85. The normalized spacial score (nSPS) is 22.8. The first-order valence-corrected chi connectivity index (χ1v) is 23.9. The van der Waals surface area contributed by atoms with Crippen LogP contribution >= 0.6 is 7.82 Å². The molecule has 348 valence electrons. The molecular weight excluding hydrogens is 803 g/mol. The van der Waals surface area contributed by atoms with Gasteiger partial charge in [0.15, 0.2) is 6.10 Å². The van der Waals surface area contributed by atoms with Gasteiger partial charge >= 0.3 is 19.8 Å². The molecule has 1 aliphatic rings. The van der Waals surface area contributed by atoms with Crippen molar-refractivity contribution in [3.8, 4) is 0 Å². The second kappa shape index (κ2) is 36.5. The van der Waals surface area contributed by atoms with Crippen molar-refractivity contribution in [3.63, 3.8) is 0 Å². The molecule has 0 heterocycles. The van der Waals surface area contributed by atoms with Crippen molar-refractivity contribution in [1.82, 2.24) is 0 Å². The highest BCUT2D eigenvalue weighted by Crippen LogP contribution is 2.47. The summed E-state index contributed by atoms with van der Waals surface area (Å²) >= 11 is 0. The third-order valence-corrected chi connectivity index (χ3v) is 10.8. The predicted octanol–water partition coefficient (Wildman–Crippen LogP) is 8.50. The van der Waals surface area contributed by atoms with Crippen LogP contribution in [0, 0.1) is 0 Å². The van der Waals surface area contributed by atoms with E-state index in [2.05, 4.69) is 62.5 Å². The number of unbranched alkanes of at least 4 members (excludes halogenated alkanes) is 12. The van der Waals surface area contributed by atoms with E-state index in [9.17, 15) is 44.6 Å². The average molecular weight is 881 g/mol. The van der Waals surface area contributed by atoms with Crippen LogP contribution < -0.4 is 0 Å². The van der Waals surface area contributed by atoms with E-state index >= 15 is 0 Å². The lowest BCUT2D eigenvalue weighted by Gasteiger charge is -2.41. The molecule has 0 aromatic rings. The number of phosphoric acid groups is 1. The third-order valence-electron chi connectivity index (χ3n) is 9.82. The summed E-state index contributed by atoms with van der Waals surface area (Å²) in [5.74, 6) is -1.16. The van der Waals surface area contributed by atoms with Crippen LogP contribution in [0.15, 0.2) is 85.1 Å². The van der Waals surface area contributed by atoms with Gasteiger partial charge in [-0.15, -0.1) is 0 Å².